The normalized spacial score (nSPS) is 10.2. The molecule has 0 heterocycles. The van der Waals surface area contributed by atoms with Crippen LogP contribution in [0, 0.1) is 0 Å². The maximum atomic E-state index is 12.4. The van der Waals surface area contributed by atoms with Gasteiger partial charge in [0.2, 0.25) is 0 Å². The molecule has 0 atom stereocenters. The Morgan fingerprint density at radius 2 is 1.52 bits per heavy atom. The summed E-state index contributed by atoms with van der Waals surface area (Å²) in [5.41, 5.74) is 0.750. The van der Waals surface area contributed by atoms with E-state index in [0.717, 1.165) is 0 Å². The van der Waals surface area contributed by atoms with Gasteiger partial charge in [-0.1, -0.05) is 0 Å². The second kappa shape index (κ2) is 6.79. The number of benzene rings is 2. The molecule has 0 bridgehead atoms. The van der Waals surface area contributed by atoms with E-state index in [4.69, 9.17) is 9.47 Å². The zero-order valence-electron chi connectivity index (χ0n) is 12.1. The van der Waals surface area contributed by atoms with Crippen molar-refractivity contribution in [1.29, 1.82) is 0 Å². The number of hydrogen-bond acceptors (Lipinski definition) is 4. The van der Waals surface area contributed by atoms with Crippen LogP contribution in [-0.4, -0.2) is 24.1 Å². The number of rotatable bonds is 6. The third-order valence-corrected chi connectivity index (χ3v) is 2.95. The summed E-state index contributed by atoms with van der Waals surface area (Å²) in [6.45, 7) is 4.84. The molecule has 21 heavy (non-hydrogen) atoms. The van der Waals surface area contributed by atoms with E-state index in [0.29, 0.717) is 30.3 Å². The molecule has 0 spiro atoms. The van der Waals surface area contributed by atoms with Gasteiger partial charge in [0.25, 0.3) is 0 Å². The first kappa shape index (κ1) is 14.9. The first-order valence-corrected chi connectivity index (χ1v) is 6.89. The lowest BCUT2D eigenvalue weighted by molar-refractivity contribution is 0.103. The fraction of sp³-hybridized carbons (Fsp3) is 0.235. The van der Waals surface area contributed by atoms with Gasteiger partial charge in [-0.25, -0.2) is 0 Å². The van der Waals surface area contributed by atoms with Gasteiger partial charge in [-0.2, -0.15) is 0 Å². The molecular weight excluding hydrogens is 268 g/mol. The van der Waals surface area contributed by atoms with Crippen molar-refractivity contribution >= 4 is 5.78 Å². The van der Waals surface area contributed by atoms with Crippen LogP contribution in [0.4, 0.5) is 0 Å². The van der Waals surface area contributed by atoms with Crippen molar-refractivity contribution in [3.63, 3.8) is 0 Å². The van der Waals surface area contributed by atoms with Crippen LogP contribution in [-0.2, 0) is 0 Å². The van der Waals surface area contributed by atoms with E-state index in [-0.39, 0.29) is 17.1 Å². The lowest BCUT2D eigenvalue weighted by atomic mass is 10.0. The Hall–Kier alpha value is -2.49. The Bertz CT molecular complexity index is 617. The van der Waals surface area contributed by atoms with E-state index in [1.54, 1.807) is 36.4 Å². The van der Waals surface area contributed by atoms with E-state index >= 15 is 0 Å². The van der Waals surface area contributed by atoms with Crippen LogP contribution in [0.5, 0.6) is 17.2 Å². The lowest BCUT2D eigenvalue weighted by Crippen LogP contribution is -2.02. The quantitative estimate of drug-likeness (QED) is 0.827. The van der Waals surface area contributed by atoms with Crippen LogP contribution in [0.2, 0.25) is 0 Å². The number of carbonyl (C=O) groups is 1. The summed E-state index contributed by atoms with van der Waals surface area (Å²) >= 11 is 0. The van der Waals surface area contributed by atoms with Crippen LogP contribution in [0.3, 0.4) is 0 Å². The van der Waals surface area contributed by atoms with E-state index < -0.39 is 0 Å². The highest BCUT2D eigenvalue weighted by Crippen LogP contribution is 2.26. The summed E-state index contributed by atoms with van der Waals surface area (Å²) < 4.78 is 10.6. The smallest absolute Gasteiger partial charge is 0.196 e. The SMILES string of the molecule is CCOc1ccc(C(=O)c2ccc(OCC)cc2O)cc1. The fourth-order valence-electron chi connectivity index (χ4n) is 1.98. The molecule has 0 aliphatic carbocycles. The first-order chi connectivity index (χ1) is 10.2. The molecule has 0 radical (unpaired) electrons. The third-order valence-electron chi connectivity index (χ3n) is 2.95. The van der Waals surface area contributed by atoms with E-state index in [9.17, 15) is 9.90 Å². The summed E-state index contributed by atoms with van der Waals surface area (Å²) in [5.74, 6) is 0.932. The molecule has 0 aliphatic rings. The Balaban J connectivity index is 2.23. The summed E-state index contributed by atoms with van der Waals surface area (Å²) in [6, 6.07) is 11.5. The zero-order chi connectivity index (χ0) is 15.2. The number of ketones is 1. The maximum Gasteiger partial charge on any atom is 0.196 e. The maximum absolute atomic E-state index is 12.4. The Kier molecular flexibility index (Phi) is 4.82. The highest BCUT2D eigenvalue weighted by Gasteiger charge is 2.14. The topological polar surface area (TPSA) is 55.8 Å². The molecule has 0 amide bonds. The number of phenolic OH excluding ortho intramolecular Hbond substituents is 1. The molecule has 2 aromatic carbocycles. The number of ether oxygens (including phenoxy) is 2. The highest BCUT2D eigenvalue weighted by atomic mass is 16.5. The van der Waals surface area contributed by atoms with Gasteiger partial charge in [-0.05, 0) is 50.2 Å². The summed E-state index contributed by atoms with van der Waals surface area (Å²) in [6.07, 6.45) is 0. The van der Waals surface area contributed by atoms with Crippen LogP contribution < -0.4 is 9.47 Å². The van der Waals surface area contributed by atoms with Crippen molar-refractivity contribution in [2.45, 2.75) is 13.8 Å². The minimum absolute atomic E-state index is 0.0835. The molecule has 2 rings (SSSR count). The Morgan fingerprint density at radius 1 is 0.952 bits per heavy atom. The van der Waals surface area contributed by atoms with Crippen LogP contribution in [0.15, 0.2) is 42.5 Å². The largest absolute Gasteiger partial charge is 0.507 e. The van der Waals surface area contributed by atoms with Crippen molar-refractivity contribution in [2.75, 3.05) is 13.2 Å². The average Bonchev–Trinajstić information content (AvgIpc) is 2.48. The molecule has 0 saturated carbocycles. The van der Waals surface area contributed by atoms with Crippen molar-refractivity contribution in [1.82, 2.24) is 0 Å². The number of hydrogen-bond donors (Lipinski definition) is 1. The second-order valence-electron chi connectivity index (χ2n) is 4.40. The monoisotopic (exact) mass is 286 g/mol. The van der Waals surface area contributed by atoms with Crippen molar-refractivity contribution in [2.24, 2.45) is 0 Å². The predicted octanol–water partition coefficient (Wildman–Crippen LogP) is 3.42. The number of phenols is 1. The van der Waals surface area contributed by atoms with Gasteiger partial charge in [0.1, 0.15) is 17.2 Å². The fourth-order valence-corrected chi connectivity index (χ4v) is 1.98. The predicted molar refractivity (Wildman–Crippen MR) is 80.3 cm³/mol. The van der Waals surface area contributed by atoms with Gasteiger partial charge >= 0.3 is 0 Å². The number of carbonyl (C=O) groups excluding carboxylic acids is 1. The molecule has 0 fully saturated rings. The lowest BCUT2D eigenvalue weighted by Gasteiger charge is -2.08. The van der Waals surface area contributed by atoms with Crippen molar-refractivity contribution < 1.29 is 19.4 Å². The highest BCUT2D eigenvalue weighted by molar-refractivity contribution is 6.10. The Morgan fingerprint density at radius 3 is 2.10 bits per heavy atom. The summed E-state index contributed by atoms with van der Waals surface area (Å²) in [4.78, 5) is 12.4. The van der Waals surface area contributed by atoms with E-state index in [2.05, 4.69) is 0 Å². The Labute approximate surface area is 123 Å². The van der Waals surface area contributed by atoms with Gasteiger partial charge in [0.05, 0.1) is 18.8 Å². The van der Waals surface area contributed by atoms with E-state index in [1.807, 2.05) is 13.8 Å². The minimum Gasteiger partial charge on any atom is -0.507 e. The molecule has 1 N–H and O–H groups in total. The van der Waals surface area contributed by atoms with Gasteiger partial charge in [0.15, 0.2) is 5.78 Å². The average molecular weight is 286 g/mol. The molecule has 110 valence electrons. The summed E-state index contributed by atoms with van der Waals surface area (Å²) in [7, 11) is 0. The molecule has 4 nitrogen and oxygen atoms in total. The molecule has 0 unspecified atom stereocenters. The molecule has 0 aliphatic heterocycles. The van der Waals surface area contributed by atoms with Crippen molar-refractivity contribution in [3.8, 4) is 17.2 Å². The summed E-state index contributed by atoms with van der Waals surface area (Å²) in [5, 5.41) is 9.96. The van der Waals surface area contributed by atoms with E-state index in [1.165, 1.54) is 6.07 Å². The van der Waals surface area contributed by atoms with Gasteiger partial charge in [-0.15, -0.1) is 0 Å². The zero-order valence-corrected chi connectivity index (χ0v) is 12.1. The van der Waals surface area contributed by atoms with Crippen LogP contribution in [0.25, 0.3) is 0 Å². The number of aromatic hydroxyl groups is 1. The van der Waals surface area contributed by atoms with Crippen LogP contribution >= 0.6 is 0 Å². The van der Waals surface area contributed by atoms with Crippen molar-refractivity contribution in [3.05, 3.63) is 53.6 Å². The molecule has 0 saturated heterocycles. The molecular formula is C17H18O4. The first-order valence-electron chi connectivity index (χ1n) is 6.89. The minimum atomic E-state index is -0.237. The molecule has 4 heteroatoms. The molecule has 0 aromatic heterocycles. The van der Waals surface area contributed by atoms with Gasteiger partial charge in [-0.3, -0.25) is 4.79 Å². The van der Waals surface area contributed by atoms with Crippen LogP contribution in [0.1, 0.15) is 29.8 Å². The third kappa shape index (κ3) is 3.54. The second-order valence-corrected chi connectivity index (χ2v) is 4.40. The standard InChI is InChI=1S/C17H18O4/c1-3-20-13-7-5-12(6-8-13)17(19)15-10-9-14(21-4-2)11-16(15)18/h5-11,18H,3-4H2,1-2H3. The van der Waals surface area contributed by atoms with Gasteiger partial charge in [0, 0.05) is 11.6 Å². The molecule has 2 aromatic rings. The van der Waals surface area contributed by atoms with Gasteiger partial charge < -0.3 is 14.6 Å².